The van der Waals surface area contributed by atoms with E-state index in [4.69, 9.17) is 5.26 Å². The first-order chi connectivity index (χ1) is 7.83. The summed E-state index contributed by atoms with van der Waals surface area (Å²) in [7, 11) is 0. The van der Waals surface area contributed by atoms with Crippen LogP contribution in [0.3, 0.4) is 0 Å². The van der Waals surface area contributed by atoms with Gasteiger partial charge in [0.15, 0.2) is 0 Å². The van der Waals surface area contributed by atoms with Gasteiger partial charge in [-0.05, 0) is 55.2 Å². The Morgan fingerprint density at radius 3 is 2.31 bits per heavy atom. The molecule has 1 aromatic carbocycles. The minimum atomic E-state index is 0. The van der Waals surface area contributed by atoms with Crippen LogP contribution in [0.15, 0.2) is 36.9 Å². The fourth-order valence-corrected chi connectivity index (χ4v) is 2.52. The van der Waals surface area contributed by atoms with Gasteiger partial charge in [0.2, 0.25) is 0 Å². The molecule has 1 heteroatoms. The molecule has 0 aromatic heterocycles. The zero-order valence-corrected chi connectivity index (χ0v) is 9.52. The summed E-state index contributed by atoms with van der Waals surface area (Å²) in [5.74, 6) is 1.40. The van der Waals surface area contributed by atoms with Crippen molar-refractivity contribution in [2.45, 2.75) is 31.6 Å². The first-order valence-corrected chi connectivity index (χ1v) is 5.96. The van der Waals surface area contributed by atoms with Crippen molar-refractivity contribution in [3.63, 3.8) is 0 Å². The highest BCUT2D eigenvalue weighted by atomic mass is 14.3. The molecule has 1 nitrogen and oxygen atoms in total. The smallest absolute Gasteiger partial charge is 0.0991 e. The fraction of sp³-hybridized carbons (Fsp3) is 0.400. The molecule has 0 saturated heterocycles. The lowest BCUT2D eigenvalue weighted by Crippen LogP contribution is -2.11. The first-order valence-electron chi connectivity index (χ1n) is 5.96. The number of benzene rings is 1. The second kappa shape index (κ2) is 4.99. The molecule has 1 saturated carbocycles. The topological polar surface area (TPSA) is 23.8 Å². The lowest BCUT2D eigenvalue weighted by atomic mass is 9.79. The van der Waals surface area contributed by atoms with Crippen molar-refractivity contribution in [2.75, 3.05) is 0 Å². The molecule has 0 heterocycles. The number of hydrogen-bond donors (Lipinski definition) is 0. The van der Waals surface area contributed by atoms with Gasteiger partial charge in [-0.3, -0.25) is 0 Å². The molecule has 1 fully saturated rings. The summed E-state index contributed by atoms with van der Waals surface area (Å²) < 4.78 is 0. The van der Waals surface area contributed by atoms with Crippen LogP contribution in [-0.4, -0.2) is 0 Å². The number of nitrogens with zero attached hydrogens (tertiary/aromatic N) is 1. The van der Waals surface area contributed by atoms with Gasteiger partial charge in [0, 0.05) is 1.43 Å². The van der Waals surface area contributed by atoms with Gasteiger partial charge in [-0.25, -0.2) is 0 Å². The molecular formula is C15H19N. The summed E-state index contributed by atoms with van der Waals surface area (Å²) in [6.45, 7) is 3.87. The van der Waals surface area contributed by atoms with Gasteiger partial charge in [0.05, 0.1) is 11.6 Å². The molecule has 0 atom stereocenters. The van der Waals surface area contributed by atoms with E-state index in [1.165, 1.54) is 31.2 Å². The highest BCUT2D eigenvalue weighted by molar-refractivity contribution is 5.33. The molecule has 0 unspecified atom stereocenters. The molecule has 0 aliphatic heterocycles. The third-order valence-electron chi connectivity index (χ3n) is 3.62. The van der Waals surface area contributed by atoms with E-state index in [1.807, 2.05) is 12.1 Å². The molecule has 0 amide bonds. The Hall–Kier alpha value is -1.55. The molecule has 2 rings (SSSR count). The normalized spacial score (nSPS) is 24.7. The van der Waals surface area contributed by atoms with E-state index in [1.54, 1.807) is 0 Å². The molecule has 0 radical (unpaired) electrons. The van der Waals surface area contributed by atoms with Gasteiger partial charge in [-0.15, -0.1) is 6.58 Å². The van der Waals surface area contributed by atoms with E-state index in [2.05, 4.69) is 30.9 Å². The Labute approximate surface area is 98.9 Å². The van der Waals surface area contributed by atoms with E-state index in [0.717, 1.165) is 11.5 Å². The van der Waals surface area contributed by atoms with Crippen LogP contribution < -0.4 is 0 Å². The minimum absolute atomic E-state index is 0. The predicted octanol–water partition coefficient (Wildman–Crippen LogP) is 4.26. The summed E-state index contributed by atoms with van der Waals surface area (Å²) in [5.41, 5.74) is 2.14. The van der Waals surface area contributed by atoms with E-state index < -0.39 is 0 Å². The minimum Gasteiger partial charge on any atom is -0.192 e. The van der Waals surface area contributed by atoms with Crippen LogP contribution in [0.25, 0.3) is 0 Å². The van der Waals surface area contributed by atoms with Crippen molar-refractivity contribution in [1.82, 2.24) is 0 Å². The monoisotopic (exact) mass is 213 g/mol. The molecule has 1 aliphatic rings. The van der Waals surface area contributed by atoms with E-state index in [9.17, 15) is 0 Å². The second-order valence-electron chi connectivity index (χ2n) is 4.58. The van der Waals surface area contributed by atoms with E-state index >= 15 is 0 Å². The maximum atomic E-state index is 8.74. The summed E-state index contributed by atoms with van der Waals surface area (Å²) in [6, 6.07) is 10.2. The number of hydrogen-bond acceptors (Lipinski definition) is 1. The van der Waals surface area contributed by atoms with E-state index in [0.29, 0.717) is 5.92 Å². The van der Waals surface area contributed by atoms with Crippen molar-refractivity contribution in [1.29, 1.82) is 5.26 Å². The van der Waals surface area contributed by atoms with Crippen molar-refractivity contribution in [3.05, 3.63) is 48.0 Å². The SMILES string of the molecule is C=CC1CCC(c2ccc(C#N)cc2)CC1.[HH]. The van der Waals surface area contributed by atoms with Crippen LogP contribution in [0.5, 0.6) is 0 Å². The van der Waals surface area contributed by atoms with Crippen LogP contribution in [-0.2, 0) is 0 Å². The van der Waals surface area contributed by atoms with Crippen molar-refractivity contribution in [3.8, 4) is 6.07 Å². The number of nitriles is 1. The zero-order chi connectivity index (χ0) is 11.4. The molecule has 0 bridgehead atoms. The van der Waals surface area contributed by atoms with Gasteiger partial charge in [0.25, 0.3) is 0 Å². The Kier molecular flexibility index (Phi) is 3.41. The lowest BCUT2D eigenvalue weighted by molar-refractivity contribution is 0.376. The van der Waals surface area contributed by atoms with Gasteiger partial charge in [-0.1, -0.05) is 18.2 Å². The van der Waals surface area contributed by atoms with Crippen LogP contribution in [0.2, 0.25) is 0 Å². The van der Waals surface area contributed by atoms with Gasteiger partial charge in [0.1, 0.15) is 0 Å². The Bertz CT molecular complexity index is 394. The molecule has 0 N–H and O–H groups in total. The zero-order valence-electron chi connectivity index (χ0n) is 9.52. The highest BCUT2D eigenvalue weighted by Gasteiger charge is 2.20. The average Bonchev–Trinajstić information content (AvgIpc) is 2.39. The van der Waals surface area contributed by atoms with Crippen LogP contribution in [0.4, 0.5) is 0 Å². The number of allylic oxidation sites excluding steroid dienone is 1. The van der Waals surface area contributed by atoms with Crippen LogP contribution in [0, 0.1) is 17.2 Å². The van der Waals surface area contributed by atoms with Crippen LogP contribution in [0.1, 0.15) is 44.2 Å². The Morgan fingerprint density at radius 1 is 1.19 bits per heavy atom. The molecular weight excluding hydrogens is 194 g/mol. The summed E-state index contributed by atoms with van der Waals surface area (Å²) in [6.07, 6.45) is 7.11. The van der Waals surface area contributed by atoms with E-state index in [-0.39, 0.29) is 1.43 Å². The largest absolute Gasteiger partial charge is 0.192 e. The Morgan fingerprint density at radius 2 is 1.81 bits per heavy atom. The third kappa shape index (κ3) is 2.33. The molecule has 16 heavy (non-hydrogen) atoms. The van der Waals surface area contributed by atoms with Gasteiger partial charge >= 0.3 is 0 Å². The fourth-order valence-electron chi connectivity index (χ4n) is 2.52. The molecule has 0 spiro atoms. The standard InChI is InChI=1S/C15H17N.H2/c1-2-12-3-7-14(8-4-12)15-9-5-13(11-16)6-10-15;/h2,5-6,9-10,12,14H,1,3-4,7-8H2;1H. The van der Waals surface area contributed by atoms with Crippen molar-refractivity contribution >= 4 is 0 Å². The molecule has 84 valence electrons. The summed E-state index contributed by atoms with van der Waals surface area (Å²) in [4.78, 5) is 0. The lowest BCUT2D eigenvalue weighted by Gasteiger charge is -2.26. The maximum Gasteiger partial charge on any atom is 0.0991 e. The van der Waals surface area contributed by atoms with Crippen LogP contribution >= 0.6 is 0 Å². The first kappa shape index (κ1) is 11.0. The maximum absolute atomic E-state index is 8.74. The Balaban J connectivity index is 0.00000144. The molecule has 1 aliphatic carbocycles. The summed E-state index contributed by atoms with van der Waals surface area (Å²) >= 11 is 0. The second-order valence-corrected chi connectivity index (χ2v) is 4.58. The average molecular weight is 213 g/mol. The van der Waals surface area contributed by atoms with Gasteiger partial charge in [-0.2, -0.15) is 5.26 Å². The quantitative estimate of drug-likeness (QED) is 0.673. The predicted molar refractivity (Wildman–Crippen MR) is 68.2 cm³/mol. The number of rotatable bonds is 2. The third-order valence-corrected chi connectivity index (χ3v) is 3.62. The van der Waals surface area contributed by atoms with Crippen molar-refractivity contribution in [2.24, 2.45) is 5.92 Å². The van der Waals surface area contributed by atoms with Gasteiger partial charge < -0.3 is 0 Å². The summed E-state index contributed by atoms with van der Waals surface area (Å²) in [5, 5.41) is 8.74. The van der Waals surface area contributed by atoms with Crippen molar-refractivity contribution < 1.29 is 1.43 Å². The highest BCUT2D eigenvalue weighted by Crippen LogP contribution is 2.35. The molecule has 1 aromatic rings.